The Bertz CT molecular complexity index is 895. The summed E-state index contributed by atoms with van der Waals surface area (Å²) in [6.45, 7) is 16.9. The minimum Gasteiger partial charge on any atom is -0.462 e. The summed E-state index contributed by atoms with van der Waals surface area (Å²) in [6.07, 6.45) is 29.6. The fraction of sp³-hybridized carbons (Fsp3) is 0.927. The summed E-state index contributed by atoms with van der Waals surface area (Å²) in [5, 5.41) is 3.55. The molecule has 8 atom stereocenters. The van der Waals surface area contributed by atoms with Crippen LogP contribution in [-0.4, -0.2) is 25.2 Å². The molecule has 0 aromatic heterocycles. The second-order valence-electron chi connectivity index (χ2n) is 17.0. The molecule has 3 saturated carbocycles. The number of fused-ring (bicyclic) bond motifs is 5. The monoisotopic (exact) mass is 612 g/mol. The van der Waals surface area contributed by atoms with Gasteiger partial charge in [0.25, 0.3) is 0 Å². The molecule has 0 bridgehead atoms. The average Bonchev–Trinajstić information content (AvgIpc) is 3.35. The van der Waals surface area contributed by atoms with Gasteiger partial charge in [-0.3, -0.25) is 4.79 Å². The zero-order chi connectivity index (χ0) is 31.6. The van der Waals surface area contributed by atoms with Crippen molar-refractivity contribution in [2.45, 2.75) is 182 Å². The van der Waals surface area contributed by atoms with E-state index < -0.39 is 0 Å². The van der Waals surface area contributed by atoms with E-state index in [0.29, 0.717) is 17.3 Å². The second kappa shape index (κ2) is 17.4. The normalized spacial score (nSPS) is 33.8. The summed E-state index contributed by atoms with van der Waals surface area (Å²) in [5.74, 6) is 5.27. The van der Waals surface area contributed by atoms with Crippen LogP contribution in [0.5, 0.6) is 0 Å². The lowest BCUT2D eigenvalue weighted by atomic mass is 9.47. The summed E-state index contributed by atoms with van der Waals surface area (Å²) in [4.78, 5) is 12.7. The number of rotatable bonds is 19. The third-order valence-corrected chi connectivity index (χ3v) is 13.5. The first kappa shape index (κ1) is 36.0. The summed E-state index contributed by atoms with van der Waals surface area (Å²) in [7, 11) is 0. The first-order valence-electron chi connectivity index (χ1n) is 19.8. The molecule has 44 heavy (non-hydrogen) atoms. The first-order valence-corrected chi connectivity index (χ1v) is 19.8. The Kier molecular flexibility index (Phi) is 14.2. The van der Waals surface area contributed by atoms with Crippen LogP contribution in [0.3, 0.4) is 0 Å². The molecule has 0 saturated heterocycles. The van der Waals surface area contributed by atoms with E-state index in [2.05, 4.69) is 52.9 Å². The standard InChI is InChI=1S/C41H73NO2/c1-7-8-9-10-11-12-13-14-28-42-29-16-19-39(43)44-34-24-26-40(5)33(30-34)20-21-35-37-23-22-36(32(4)18-15-17-31(2)3)41(37,6)27-25-38(35)40/h20,31-32,34-38,42H,7-19,21-30H2,1-6H3/t32-,34+,35+,36-,37+,38+,40+,41-/m1/s1. The SMILES string of the molecule is CCCCCCCCCCNCCCC(=O)O[C@H]1CC[C@@]2(C)C(=CC[C@H]3[C@@H]4CC[C@H]([C@H](C)CCCC(C)C)[C@@]4(C)CC[C@@H]32)C1. The highest BCUT2D eigenvalue weighted by atomic mass is 16.5. The number of nitrogens with one attached hydrogen (secondary N) is 1. The van der Waals surface area contributed by atoms with E-state index in [1.54, 1.807) is 5.57 Å². The molecule has 0 aromatic rings. The molecule has 3 heteroatoms. The summed E-state index contributed by atoms with van der Waals surface area (Å²) < 4.78 is 6.09. The number of carbonyl (C=O) groups excluding carboxylic acids is 1. The predicted molar refractivity (Wildman–Crippen MR) is 188 cm³/mol. The number of hydrogen-bond acceptors (Lipinski definition) is 3. The Hall–Kier alpha value is -0.830. The van der Waals surface area contributed by atoms with E-state index in [1.165, 1.54) is 109 Å². The number of esters is 1. The van der Waals surface area contributed by atoms with E-state index in [1.807, 2.05) is 0 Å². The molecule has 0 unspecified atom stereocenters. The molecule has 0 heterocycles. The molecule has 0 amide bonds. The van der Waals surface area contributed by atoms with Gasteiger partial charge in [0.2, 0.25) is 0 Å². The van der Waals surface area contributed by atoms with Gasteiger partial charge in [-0.25, -0.2) is 0 Å². The van der Waals surface area contributed by atoms with Gasteiger partial charge in [-0.15, -0.1) is 0 Å². The fourth-order valence-electron chi connectivity index (χ4n) is 10.9. The minimum atomic E-state index is 0.0229. The molecule has 4 rings (SSSR count). The van der Waals surface area contributed by atoms with Gasteiger partial charge < -0.3 is 10.1 Å². The highest BCUT2D eigenvalue weighted by Crippen LogP contribution is 2.67. The number of ether oxygens (including phenoxy) is 1. The molecule has 0 aromatic carbocycles. The van der Waals surface area contributed by atoms with Crippen LogP contribution in [0.25, 0.3) is 0 Å². The number of hydrogen-bond donors (Lipinski definition) is 1. The average molecular weight is 612 g/mol. The van der Waals surface area contributed by atoms with Crippen LogP contribution in [0.2, 0.25) is 0 Å². The van der Waals surface area contributed by atoms with Gasteiger partial charge in [0.05, 0.1) is 0 Å². The quantitative estimate of drug-likeness (QED) is 0.0897. The van der Waals surface area contributed by atoms with Crippen molar-refractivity contribution < 1.29 is 9.53 Å². The molecule has 4 aliphatic rings. The Morgan fingerprint density at radius 1 is 0.864 bits per heavy atom. The Morgan fingerprint density at radius 2 is 1.59 bits per heavy atom. The highest BCUT2D eigenvalue weighted by molar-refractivity contribution is 5.69. The van der Waals surface area contributed by atoms with Gasteiger partial charge in [-0.2, -0.15) is 0 Å². The largest absolute Gasteiger partial charge is 0.462 e. The van der Waals surface area contributed by atoms with Crippen molar-refractivity contribution in [2.75, 3.05) is 13.1 Å². The third kappa shape index (κ3) is 9.16. The maximum Gasteiger partial charge on any atom is 0.306 e. The van der Waals surface area contributed by atoms with E-state index in [9.17, 15) is 4.79 Å². The van der Waals surface area contributed by atoms with Gasteiger partial charge in [-0.1, -0.05) is 117 Å². The minimum absolute atomic E-state index is 0.0229. The van der Waals surface area contributed by atoms with E-state index in [0.717, 1.165) is 67.9 Å². The van der Waals surface area contributed by atoms with E-state index in [4.69, 9.17) is 4.74 Å². The van der Waals surface area contributed by atoms with Crippen molar-refractivity contribution in [1.82, 2.24) is 5.32 Å². The van der Waals surface area contributed by atoms with Crippen molar-refractivity contribution in [1.29, 1.82) is 0 Å². The summed E-state index contributed by atoms with van der Waals surface area (Å²) >= 11 is 0. The second-order valence-corrected chi connectivity index (χ2v) is 17.0. The lowest BCUT2D eigenvalue weighted by molar-refractivity contribution is -0.151. The van der Waals surface area contributed by atoms with Crippen LogP contribution in [0.1, 0.15) is 176 Å². The first-order chi connectivity index (χ1) is 21.2. The van der Waals surface area contributed by atoms with Gasteiger partial charge in [0.1, 0.15) is 6.10 Å². The molecule has 4 aliphatic carbocycles. The van der Waals surface area contributed by atoms with E-state index in [-0.39, 0.29) is 12.1 Å². The molecule has 254 valence electrons. The fourth-order valence-corrected chi connectivity index (χ4v) is 10.9. The Morgan fingerprint density at radius 3 is 2.34 bits per heavy atom. The van der Waals surface area contributed by atoms with Crippen molar-refractivity contribution in [2.24, 2.45) is 46.3 Å². The van der Waals surface area contributed by atoms with E-state index >= 15 is 0 Å². The molecule has 1 N–H and O–H groups in total. The molecule has 0 radical (unpaired) electrons. The Labute approximate surface area is 273 Å². The molecular formula is C41H73NO2. The van der Waals surface area contributed by atoms with Crippen molar-refractivity contribution >= 4 is 5.97 Å². The lowest BCUT2D eigenvalue weighted by Gasteiger charge is -2.58. The van der Waals surface area contributed by atoms with Gasteiger partial charge in [0.15, 0.2) is 0 Å². The highest BCUT2D eigenvalue weighted by Gasteiger charge is 2.59. The predicted octanol–water partition coefficient (Wildman–Crippen LogP) is 11.5. The van der Waals surface area contributed by atoms with Crippen LogP contribution in [0.4, 0.5) is 0 Å². The summed E-state index contributed by atoms with van der Waals surface area (Å²) in [6, 6.07) is 0. The maximum atomic E-state index is 12.7. The van der Waals surface area contributed by atoms with Gasteiger partial charge >= 0.3 is 5.97 Å². The smallest absolute Gasteiger partial charge is 0.306 e. The molecule has 3 fully saturated rings. The molecule has 0 aliphatic heterocycles. The van der Waals surface area contributed by atoms with Gasteiger partial charge in [-0.05, 0) is 117 Å². The van der Waals surface area contributed by atoms with Gasteiger partial charge in [0, 0.05) is 12.8 Å². The zero-order valence-electron chi connectivity index (χ0n) is 30.2. The van der Waals surface area contributed by atoms with Crippen LogP contribution < -0.4 is 5.32 Å². The number of carbonyl (C=O) groups is 1. The Balaban J connectivity index is 1.17. The van der Waals surface area contributed by atoms with Crippen LogP contribution in [0.15, 0.2) is 11.6 Å². The zero-order valence-corrected chi connectivity index (χ0v) is 30.2. The van der Waals surface area contributed by atoms with Crippen molar-refractivity contribution in [3.05, 3.63) is 11.6 Å². The molecule has 3 nitrogen and oxygen atoms in total. The molecule has 0 spiro atoms. The number of allylic oxidation sites excluding steroid dienone is 1. The third-order valence-electron chi connectivity index (χ3n) is 13.5. The van der Waals surface area contributed by atoms with Crippen molar-refractivity contribution in [3.63, 3.8) is 0 Å². The van der Waals surface area contributed by atoms with Crippen LogP contribution in [-0.2, 0) is 9.53 Å². The lowest BCUT2D eigenvalue weighted by Crippen LogP contribution is -2.51. The molecular weight excluding hydrogens is 538 g/mol. The maximum absolute atomic E-state index is 12.7. The summed E-state index contributed by atoms with van der Waals surface area (Å²) in [5.41, 5.74) is 2.51. The van der Waals surface area contributed by atoms with Crippen LogP contribution >= 0.6 is 0 Å². The van der Waals surface area contributed by atoms with Crippen molar-refractivity contribution in [3.8, 4) is 0 Å². The van der Waals surface area contributed by atoms with Crippen LogP contribution in [0, 0.1) is 46.3 Å². The number of unbranched alkanes of at least 4 members (excludes halogenated alkanes) is 7. The topological polar surface area (TPSA) is 38.3 Å².